The van der Waals surface area contributed by atoms with Crippen LogP contribution in [0, 0.1) is 12.8 Å². The molecule has 2 aromatic rings. The van der Waals surface area contributed by atoms with Crippen molar-refractivity contribution >= 4 is 44.8 Å². The zero-order chi connectivity index (χ0) is 17.8. The van der Waals surface area contributed by atoms with Gasteiger partial charge < -0.3 is 16.0 Å². The molecule has 0 radical (unpaired) electrons. The van der Waals surface area contributed by atoms with Crippen LogP contribution < -0.4 is 16.0 Å². The first kappa shape index (κ1) is 17.5. The second-order valence-electron chi connectivity index (χ2n) is 6.12. The molecule has 3 rings (SSSR count). The predicted molar refractivity (Wildman–Crippen MR) is 104 cm³/mol. The van der Waals surface area contributed by atoms with Gasteiger partial charge in [-0.1, -0.05) is 18.2 Å². The number of nitrogens with one attached hydrogen (secondary N) is 3. The third-order valence-electron chi connectivity index (χ3n) is 4.13. The lowest BCUT2D eigenvalue weighted by Gasteiger charge is -2.14. The van der Waals surface area contributed by atoms with Crippen LogP contribution >= 0.6 is 15.9 Å². The molecule has 6 heteroatoms. The minimum atomic E-state index is -0.140. The first-order valence-corrected chi connectivity index (χ1v) is 9.02. The molecule has 0 saturated heterocycles. The van der Waals surface area contributed by atoms with Crippen molar-refractivity contribution < 1.29 is 9.59 Å². The van der Waals surface area contributed by atoms with Crippen LogP contribution in [0.4, 0.5) is 17.1 Å². The highest BCUT2D eigenvalue weighted by atomic mass is 79.9. The van der Waals surface area contributed by atoms with E-state index in [1.54, 1.807) is 0 Å². The van der Waals surface area contributed by atoms with Gasteiger partial charge in [0, 0.05) is 21.8 Å². The third kappa shape index (κ3) is 4.60. The SMILES string of the molecule is Cc1c(NCC(=O)Nc2ccccc2Br)cccc1NC(=O)C1CC1. The maximum atomic E-state index is 12.1. The van der Waals surface area contributed by atoms with Gasteiger partial charge in [0.05, 0.1) is 12.2 Å². The predicted octanol–water partition coefficient (Wildman–Crippen LogP) is 4.16. The number of carbonyl (C=O) groups is 2. The normalized spacial score (nSPS) is 13.2. The van der Waals surface area contributed by atoms with Crippen molar-refractivity contribution in [2.24, 2.45) is 5.92 Å². The minimum absolute atomic E-state index is 0.0759. The van der Waals surface area contributed by atoms with Crippen molar-refractivity contribution in [1.29, 1.82) is 0 Å². The second kappa shape index (κ2) is 7.70. The Kier molecular flexibility index (Phi) is 5.38. The molecule has 1 saturated carbocycles. The molecule has 0 heterocycles. The molecular formula is C19H20BrN3O2. The Balaban J connectivity index is 1.60. The summed E-state index contributed by atoms with van der Waals surface area (Å²) in [6, 6.07) is 13.1. The van der Waals surface area contributed by atoms with Gasteiger partial charge in [-0.2, -0.15) is 0 Å². The van der Waals surface area contributed by atoms with Gasteiger partial charge in [0.25, 0.3) is 0 Å². The highest BCUT2D eigenvalue weighted by Gasteiger charge is 2.29. The molecule has 130 valence electrons. The third-order valence-corrected chi connectivity index (χ3v) is 4.82. The fourth-order valence-electron chi connectivity index (χ4n) is 2.48. The van der Waals surface area contributed by atoms with E-state index in [0.717, 1.165) is 39.9 Å². The van der Waals surface area contributed by atoms with Gasteiger partial charge in [0.15, 0.2) is 0 Å². The first-order chi connectivity index (χ1) is 12.0. The Morgan fingerprint density at radius 1 is 1.00 bits per heavy atom. The van der Waals surface area contributed by atoms with E-state index in [1.165, 1.54) is 0 Å². The quantitative estimate of drug-likeness (QED) is 0.680. The molecule has 0 bridgehead atoms. The fourth-order valence-corrected chi connectivity index (χ4v) is 2.86. The number of para-hydroxylation sites is 1. The monoisotopic (exact) mass is 401 g/mol. The summed E-state index contributed by atoms with van der Waals surface area (Å²) in [7, 11) is 0. The molecule has 1 aliphatic rings. The van der Waals surface area contributed by atoms with Crippen LogP contribution in [-0.2, 0) is 9.59 Å². The molecule has 2 aromatic carbocycles. The smallest absolute Gasteiger partial charge is 0.243 e. The van der Waals surface area contributed by atoms with E-state index in [0.29, 0.717) is 0 Å². The number of amides is 2. The molecule has 0 aliphatic heterocycles. The average molecular weight is 402 g/mol. The van der Waals surface area contributed by atoms with Crippen molar-refractivity contribution in [3.8, 4) is 0 Å². The number of rotatable bonds is 6. The molecular weight excluding hydrogens is 382 g/mol. The van der Waals surface area contributed by atoms with Crippen LogP contribution in [0.15, 0.2) is 46.9 Å². The number of hydrogen-bond donors (Lipinski definition) is 3. The molecule has 0 unspecified atom stereocenters. The summed E-state index contributed by atoms with van der Waals surface area (Å²) < 4.78 is 0.837. The van der Waals surface area contributed by atoms with Gasteiger partial charge in [-0.05, 0) is 65.5 Å². The maximum absolute atomic E-state index is 12.1. The average Bonchev–Trinajstić information content (AvgIpc) is 3.43. The van der Waals surface area contributed by atoms with Crippen LogP contribution in [0.25, 0.3) is 0 Å². The molecule has 25 heavy (non-hydrogen) atoms. The molecule has 2 amide bonds. The van der Waals surface area contributed by atoms with Crippen molar-refractivity contribution in [2.75, 3.05) is 22.5 Å². The fraction of sp³-hybridized carbons (Fsp3) is 0.263. The van der Waals surface area contributed by atoms with E-state index in [9.17, 15) is 9.59 Å². The summed E-state index contributed by atoms with van der Waals surface area (Å²) in [6.07, 6.45) is 1.94. The molecule has 0 spiro atoms. The van der Waals surface area contributed by atoms with Crippen molar-refractivity contribution in [1.82, 2.24) is 0 Å². The molecule has 1 aliphatic carbocycles. The number of carbonyl (C=O) groups excluding carboxylic acids is 2. The second-order valence-corrected chi connectivity index (χ2v) is 6.98. The Labute approximate surface area is 155 Å². The number of anilines is 3. The summed E-state index contributed by atoms with van der Waals surface area (Å²) in [6.45, 7) is 2.07. The van der Waals surface area contributed by atoms with E-state index in [4.69, 9.17) is 0 Å². The van der Waals surface area contributed by atoms with Crippen molar-refractivity contribution in [3.63, 3.8) is 0 Å². The lowest BCUT2D eigenvalue weighted by atomic mass is 10.1. The van der Waals surface area contributed by atoms with Crippen LogP contribution in [0.2, 0.25) is 0 Å². The van der Waals surface area contributed by atoms with Crippen LogP contribution in [0.3, 0.4) is 0 Å². The van der Waals surface area contributed by atoms with Gasteiger partial charge in [-0.3, -0.25) is 9.59 Å². The first-order valence-electron chi connectivity index (χ1n) is 8.23. The summed E-state index contributed by atoms with van der Waals surface area (Å²) in [5, 5.41) is 8.95. The summed E-state index contributed by atoms with van der Waals surface area (Å²) >= 11 is 3.41. The number of halogens is 1. The van der Waals surface area contributed by atoms with E-state index in [-0.39, 0.29) is 24.3 Å². The van der Waals surface area contributed by atoms with Gasteiger partial charge >= 0.3 is 0 Å². The van der Waals surface area contributed by atoms with Gasteiger partial charge in [-0.15, -0.1) is 0 Å². The summed E-state index contributed by atoms with van der Waals surface area (Å²) in [5.74, 6) is 0.0942. The lowest BCUT2D eigenvalue weighted by molar-refractivity contribution is -0.117. The topological polar surface area (TPSA) is 70.2 Å². The summed E-state index contributed by atoms with van der Waals surface area (Å²) in [4.78, 5) is 24.1. The molecule has 1 fully saturated rings. The standard InChI is InChI=1S/C19H20BrN3O2/c1-12-15(7-4-8-16(12)23-19(25)13-9-10-13)21-11-18(24)22-17-6-3-2-5-14(17)20/h2-8,13,21H,9-11H2,1H3,(H,22,24)(H,23,25). The highest BCUT2D eigenvalue weighted by molar-refractivity contribution is 9.10. The Bertz CT molecular complexity index is 803. The zero-order valence-corrected chi connectivity index (χ0v) is 15.5. The highest BCUT2D eigenvalue weighted by Crippen LogP contribution is 2.31. The Hall–Kier alpha value is -2.34. The van der Waals surface area contributed by atoms with E-state index >= 15 is 0 Å². The Morgan fingerprint density at radius 2 is 1.68 bits per heavy atom. The Morgan fingerprint density at radius 3 is 2.40 bits per heavy atom. The summed E-state index contributed by atoms with van der Waals surface area (Å²) in [5.41, 5.74) is 3.27. The zero-order valence-electron chi connectivity index (χ0n) is 13.9. The molecule has 0 atom stereocenters. The van der Waals surface area contributed by atoms with E-state index < -0.39 is 0 Å². The maximum Gasteiger partial charge on any atom is 0.243 e. The number of hydrogen-bond acceptors (Lipinski definition) is 3. The van der Waals surface area contributed by atoms with Crippen LogP contribution in [0.5, 0.6) is 0 Å². The van der Waals surface area contributed by atoms with E-state index in [1.807, 2.05) is 49.4 Å². The van der Waals surface area contributed by atoms with E-state index in [2.05, 4.69) is 31.9 Å². The van der Waals surface area contributed by atoms with Gasteiger partial charge in [0.2, 0.25) is 11.8 Å². The minimum Gasteiger partial charge on any atom is -0.376 e. The van der Waals surface area contributed by atoms with Crippen molar-refractivity contribution in [2.45, 2.75) is 19.8 Å². The lowest BCUT2D eigenvalue weighted by Crippen LogP contribution is -2.22. The van der Waals surface area contributed by atoms with Crippen LogP contribution in [0.1, 0.15) is 18.4 Å². The van der Waals surface area contributed by atoms with Crippen LogP contribution in [-0.4, -0.2) is 18.4 Å². The number of benzene rings is 2. The molecule has 5 nitrogen and oxygen atoms in total. The molecule has 0 aromatic heterocycles. The van der Waals surface area contributed by atoms with Gasteiger partial charge in [0.1, 0.15) is 0 Å². The van der Waals surface area contributed by atoms with Gasteiger partial charge in [-0.25, -0.2) is 0 Å². The molecule has 3 N–H and O–H groups in total. The van der Waals surface area contributed by atoms with Crippen molar-refractivity contribution in [3.05, 3.63) is 52.5 Å². The largest absolute Gasteiger partial charge is 0.376 e.